The van der Waals surface area contributed by atoms with Crippen molar-refractivity contribution in [2.45, 2.75) is 31.9 Å². The first-order chi connectivity index (χ1) is 9.97. The highest BCUT2D eigenvalue weighted by Gasteiger charge is 2.50. The van der Waals surface area contributed by atoms with E-state index in [0.717, 1.165) is 18.7 Å². The second-order valence-corrected chi connectivity index (χ2v) is 6.06. The summed E-state index contributed by atoms with van der Waals surface area (Å²) >= 11 is 0. The average molecular weight is 290 g/mol. The van der Waals surface area contributed by atoms with Crippen molar-refractivity contribution in [1.82, 2.24) is 4.90 Å². The summed E-state index contributed by atoms with van der Waals surface area (Å²) in [4.78, 5) is 15.6. The number of amides is 1. The van der Waals surface area contributed by atoms with Crippen LogP contribution < -0.4 is 9.64 Å². The summed E-state index contributed by atoms with van der Waals surface area (Å²) in [5, 5.41) is 0. The van der Waals surface area contributed by atoms with E-state index in [-0.39, 0.29) is 17.7 Å². The maximum Gasteiger partial charge on any atom is 0.414 e. The Morgan fingerprint density at radius 2 is 2.33 bits per heavy atom. The Kier molecular flexibility index (Phi) is 3.32. The number of hydrogen-bond donors (Lipinski definition) is 0. The van der Waals surface area contributed by atoms with Gasteiger partial charge in [0.1, 0.15) is 12.0 Å². The lowest BCUT2D eigenvalue weighted by Crippen LogP contribution is -2.37. The predicted octanol–water partition coefficient (Wildman–Crippen LogP) is 2.59. The molecule has 0 N–H and O–H groups in total. The maximum atomic E-state index is 11.9. The van der Waals surface area contributed by atoms with E-state index in [1.165, 1.54) is 5.56 Å². The zero-order valence-corrected chi connectivity index (χ0v) is 13.0. The summed E-state index contributed by atoms with van der Waals surface area (Å²) in [5.41, 5.74) is 2.34. The number of carbonyl (C=O) groups excluding carboxylic acids is 1. The molecule has 0 aliphatic carbocycles. The van der Waals surface area contributed by atoms with Gasteiger partial charge in [-0.25, -0.2) is 4.79 Å². The Hall–Kier alpha value is -1.75. The number of hydrogen-bond acceptors (Lipinski definition) is 4. The molecule has 0 spiro atoms. The molecule has 0 bridgehead atoms. The number of likely N-dealkylation sites (N-methyl/N-ethyl adjacent to an activating group) is 1. The first-order valence-electron chi connectivity index (χ1n) is 7.39. The number of anilines is 1. The topological polar surface area (TPSA) is 42.0 Å². The monoisotopic (exact) mass is 290 g/mol. The van der Waals surface area contributed by atoms with E-state index in [1.807, 2.05) is 25.1 Å². The van der Waals surface area contributed by atoms with Gasteiger partial charge in [0, 0.05) is 31.7 Å². The SMILES string of the molecule is CCN(C)C(=O)Oc1ccc2c(c1)[C@]1(C)CCO[C@@H]1N2C. The molecule has 0 aromatic heterocycles. The smallest absolute Gasteiger partial charge is 0.410 e. The van der Waals surface area contributed by atoms with E-state index in [0.29, 0.717) is 12.3 Å². The molecule has 2 atom stereocenters. The van der Waals surface area contributed by atoms with Gasteiger partial charge in [0.15, 0.2) is 0 Å². The molecule has 5 nitrogen and oxygen atoms in total. The molecule has 114 valence electrons. The highest BCUT2D eigenvalue weighted by atomic mass is 16.6. The second kappa shape index (κ2) is 4.91. The number of rotatable bonds is 2. The highest BCUT2D eigenvalue weighted by molar-refractivity contribution is 5.72. The molecule has 1 aromatic carbocycles. The van der Waals surface area contributed by atoms with Gasteiger partial charge in [-0.2, -0.15) is 0 Å². The predicted molar refractivity (Wildman–Crippen MR) is 80.9 cm³/mol. The Morgan fingerprint density at radius 3 is 3.05 bits per heavy atom. The molecular formula is C16H22N2O3. The third-order valence-corrected chi connectivity index (χ3v) is 4.75. The summed E-state index contributed by atoms with van der Waals surface area (Å²) in [5.74, 6) is 0.598. The number of fused-ring (bicyclic) bond motifs is 3. The molecule has 5 heteroatoms. The Morgan fingerprint density at radius 1 is 1.57 bits per heavy atom. The first-order valence-corrected chi connectivity index (χ1v) is 7.39. The fraction of sp³-hybridized carbons (Fsp3) is 0.562. The first kappa shape index (κ1) is 14.2. The van der Waals surface area contributed by atoms with E-state index in [2.05, 4.69) is 18.9 Å². The summed E-state index contributed by atoms with van der Waals surface area (Å²) in [6.07, 6.45) is 0.742. The molecule has 0 unspecified atom stereocenters. The van der Waals surface area contributed by atoms with Crippen LogP contribution in [0.25, 0.3) is 0 Å². The van der Waals surface area contributed by atoms with Gasteiger partial charge in [-0.1, -0.05) is 6.92 Å². The largest absolute Gasteiger partial charge is 0.414 e. The normalized spacial score (nSPS) is 26.5. The number of ether oxygens (including phenoxy) is 2. The molecule has 0 saturated carbocycles. The van der Waals surface area contributed by atoms with Crippen LogP contribution in [-0.4, -0.2) is 44.5 Å². The third-order valence-electron chi connectivity index (χ3n) is 4.75. The van der Waals surface area contributed by atoms with Crippen molar-refractivity contribution in [3.63, 3.8) is 0 Å². The van der Waals surface area contributed by atoms with Crippen molar-refractivity contribution < 1.29 is 14.3 Å². The second-order valence-electron chi connectivity index (χ2n) is 6.06. The van der Waals surface area contributed by atoms with Crippen LogP contribution in [0.5, 0.6) is 5.75 Å². The van der Waals surface area contributed by atoms with Crippen LogP contribution in [-0.2, 0) is 10.2 Å². The summed E-state index contributed by atoms with van der Waals surface area (Å²) < 4.78 is 11.3. The average Bonchev–Trinajstić information content (AvgIpc) is 2.96. The van der Waals surface area contributed by atoms with E-state index in [4.69, 9.17) is 9.47 Å². The molecule has 1 amide bonds. The van der Waals surface area contributed by atoms with Crippen LogP contribution in [0.3, 0.4) is 0 Å². The molecule has 2 aliphatic heterocycles. The molecule has 3 rings (SSSR count). The number of benzene rings is 1. The molecule has 0 radical (unpaired) electrons. The lowest BCUT2D eigenvalue weighted by molar-refractivity contribution is 0.0920. The number of nitrogens with zero attached hydrogens (tertiary/aromatic N) is 2. The van der Waals surface area contributed by atoms with Crippen molar-refractivity contribution in [3.8, 4) is 5.75 Å². The summed E-state index contributed by atoms with van der Waals surface area (Å²) in [6.45, 7) is 5.53. The van der Waals surface area contributed by atoms with E-state index >= 15 is 0 Å². The number of carbonyl (C=O) groups is 1. The lowest BCUT2D eigenvalue weighted by Gasteiger charge is -2.26. The zero-order chi connectivity index (χ0) is 15.2. The van der Waals surface area contributed by atoms with Gasteiger partial charge in [-0.3, -0.25) is 0 Å². The van der Waals surface area contributed by atoms with Crippen LogP contribution in [0, 0.1) is 0 Å². The zero-order valence-electron chi connectivity index (χ0n) is 13.0. The molecule has 2 heterocycles. The molecular weight excluding hydrogens is 268 g/mol. The summed E-state index contributed by atoms with van der Waals surface area (Å²) in [7, 11) is 3.78. The molecule has 2 aliphatic rings. The van der Waals surface area contributed by atoms with Crippen LogP contribution in [0.4, 0.5) is 10.5 Å². The van der Waals surface area contributed by atoms with Gasteiger partial charge in [0.05, 0.1) is 6.61 Å². The maximum absolute atomic E-state index is 11.9. The minimum Gasteiger partial charge on any atom is -0.410 e. The standard InChI is InChI=1S/C16H22N2O3/c1-5-17(3)15(19)21-11-6-7-13-12(10-11)16(2)8-9-20-14(16)18(13)4/h6-7,10,14H,5,8-9H2,1-4H3/t14-,16-/m0/s1. The summed E-state index contributed by atoms with van der Waals surface area (Å²) in [6, 6.07) is 5.85. The van der Waals surface area contributed by atoms with E-state index in [9.17, 15) is 4.79 Å². The molecule has 21 heavy (non-hydrogen) atoms. The minimum absolute atomic E-state index is 0.0246. The van der Waals surface area contributed by atoms with Crippen LogP contribution in [0.2, 0.25) is 0 Å². The molecule has 1 aromatic rings. The van der Waals surface area contributed by atoms with Crippen LogP contribution in [0.1, 0.15) is 25.8 Å². The van der Waals surface area contributed by atoms with Crippen molar-refractivity contribution in [2.75, 3.05) is 32.1 Å². The van der Waals surface area contributed by atoms with Gasteiger partial charge >= 0.3 is 6.09 Å². The van der Waals surface area contributed by atoms with E-state index < -0.39 is 0 Å². The Labute approximate surface area is 125 Å². The van der Waals surface area contributed by atoms with Gasteiger partial charge in [0.2, 0.25) is 0 Å². The van der Waals surface area contributed by atoms with Gasteiger partial charge < -0.3 is 19.3 Å². The van der Waals surface area contributed by atoms with Crippen LogP contribution >= 0.6 is 0 Å². The van der Waals surface area contributed by atoms with Crippen LogP contribution in [0.15, 0.2) is 18.2 Å². The fourth-order valence-corrected chi connectivity index (χ4v) is 3.27. The lowest BCUT2D eigenvalue weighted by atomic mass is 9.82. The van der Waals surface area contributed by atoms with E-state index in [1.54, 1.807) is 11.9 Å². The van der Waals surface area contributed by atoms with Gasteiger partial charge in [-0.05, 0) is 37.1 Å². The minimum atomic E-state index is -0.326. The van der Waals surface area contributed by atoms with Gasteiger partial charge in [-0.15, -0.1) is 0 Å². The Balaban J connectivity index is 1.90. The van der Waals surface area contributed by atoms with Crippen molar-refractivity contribution in [1.29, 1.82) is 0 Å². The highest BCUT2D eigenvalue weighted by Crippen LogP contribution is 2.51. The third kappa shape index (κ3) is 2.07. The molecule has 1 saturated heterocycles. The quantitative estimate of drug-likeness (QED) is 0.839. The fourth-order valence-electron chi connectivity index (χ4n) is 3.27. The van der Waals surface area contributed by atoms with Gasteiger partial charge in [0.25, 0.3) is 0 Å². The van der Waals surface area contributed by atoms with Crippen molar-refractivity contribution >= 4 is 11.8 Å². The van der Waals surface area contributed by atoms with Crippen molar-refractivity contribution in [3.05, 3.63) is 23.8 Å². The Bertz CT molecular complexity index is 575. The molecule has 1 fully saturated rings. The van der Waals surface area contributed by atoms with Crippen molar-refractivity contribution in [2.24, 2.45) is 0 Å².